The molecule has 1 aliphatic rings. The van der Waals surface area contributed by atoms with Crippen LogP contribution in [-0.4, -0.2) is 21.8 Å². The summed E-state index contributed by atoms with van der Waals surface area (Å²) in [4.78, 5) is 29.8. The number of nitrogens with one attached hydrogen (secondary N) is 3. The molecule has 0 unspecified atom stereocenters. The normalized spacial score (nSPS) is 12.7. The van der Waals surface area contributed by atoms with Gasteiger partial charge in [0.1, 0.15) is 17.2 Å². The number of carbonyl (C=O) groups is 2. The first-order chi connectivity index (χ1) is 27.4. The minimum Gasteiger partial charge on any atom is -0.507 e. The number of para-hydroxylation sites is 3. The third kappa shape index (κ3) is 7.34. The van der Waals surface area contributed by atoms with E-state index in [-0.39, 0.29) is 63.7 Å². The van der Waals surface area contributed by atoms with E-state index >= 15 is 9.18 Å². The van der Waals surface area contributed by atoms with Crippen LogP contribution in [0.2, 0.25) is 0 Å². The molecule has 0 spiro atoms. The summed E-state index contributed by atoms with van der Waals surface area (Å²) >= 11 is 0. The number of aromatic hydroxyl groups is 2. The molecule has 6 rings (SSSR count). The number of halogens is 1. The third-order valence-corrected chi connectivity index (χ3v) is 11.4. The minimum atomic E-state index is -0.947. The molecule has 5 N–H and O–H groups in total. The van der Waals surface area contributed by atoms with E-state index < -0.39 is 40.0 Å². The number of carbonyl (C=O) groups excluding carboxylic acids is 2. The van der Waals surface area contributed by atoms with E-state index in [0.717, 1.165) is 50.8 Å². The Hall–Kier alpha value is -5.63. The lowest BCUT2D eigenvalue weighted by Gasteiger charge is -2.31. The molecule has 5 aromatic carbocycles. The maximum atomic E-state index is 18.2. The fraction of sp³-hybridized carbons (Fsp3) is 0.360. The van der Waals surface area contributed by atoms with E-state index in [1.165, 1.54) is 6.07 Å². The van der Waals surface area contributed by atoms with Crippen molar-refractivity contribution in [3.8, 4) is 11.5 Å². The Morgan fingerprint density at radius 2 is 0.655 bits per heavy atom. The van der Waals surface area contributed by atoms with Crippen LogP contribution in [0.4, 0.5) is 38.5 Å². The van der Waals surface area contributed by atoms with E-state index in [0.29, 0.717) is 5.69 Å². The molecular weight excluding hydrogens is 726 g/mol. The van der Waals surface area contributed by atoms with Crippen molar-refractivity contribution in [2.45, 2.75) is 119 Å². The van der Waals surface area contributed by atoms with E-state index in [1.54, 1.807) is 0 Å². The quantitative estimate of drug-likeness (QED) is 0.0786. The number of hydrogen-bond donors (Lipinski definition) is 5. The number of phenolic OH excluding ortho intramolecular Hbond substituents is 2. The third-order valence-electron chi connectivity index (χ3n) is 11.4. The molecule has 0 fully saturated rings. The number of ketones is 2. The average Bonchev–Trinajstić information content (AvgIpc) is 3.16. The second-order valence-electron chi connectivity index (χ2n) is 17.4. The minimum absolute atomic E-state index is 0.0260. The SMILES string of the molecule is CC(C)c1cccc(C(C)C)c1Nc1c(F)c2c(c(Nc3c(C(C)C)cccc3C(C)C)c1Nc1c(C(C)C)cccc1C(C)C)C(=O)c1c(O)ccc(O)c1C2=O. The Labute approximate surface area is 343 Å². The molecule has 1 aliphatic carbocycles. The summed E-state index contributed by atoms with van der Waals surface area (Å²) < 4.78 is 18.2. The van der Waals surface area contributed by atoms with Crippen molar-refractivity contribution in [3.05, 3.63) is 128 Å². The summed E-state index contributed by atoms with van der Waals surface area (Å²) in [6, 6.07) is 20.6. The van der Waals surface area contributed by atoms with Gasteiger partial charge in [0.2, 0.25) is 11.6 Å². The van der Waals surface area contributed by atoms with Gasteiger partial charge in [-0.05, 0) is 81.0 Å². The van der Waals surface area contributed by atoms with Crippen molar-refractivity contribution in [1.29, 1.82) is 0 Å². The van der Waals surface area contributed by atoms with Crippen LogP contribution in [0.1, 0.15) is 184 Å². The van der Waals surface area contributed by atoms with Crippen LogP contribution in [-0.2, 0) is 0 Å². The van der Waals surface area contributed by atoms with Crippen molar-refractivity contribution in [2.24, 2.45) is 0 Å². The van der Waals surface area contributed by atoms with Gasteiger partial charge < -0.3 is 26.2 Å². The van der Waals surface area contributed by atoms with Gasteiger partial charge in [0.15, 0.2) is 5.82 Å². The Kier molecular flexibility index (Phi) is 11.8. The van der Waals surface area contributed by atoms with Crippen LogP contribution in [0.25, 0.3) is 0 Å². The lowest BCUT2D eigenvalue weighted by atomic mass is 9.80. The number of benzene rings is 5. The number of fused-ring (bicyclic) bond motifs is 2. The molecule has 0 saturated heterocycles. The molecule has 8 heteroatoms. The van der Waals surface area contributed by atoms with Crippen LogP contribution >= 0.6 is 0 Å². The first kappa shape index (κ1) is 42.0. The molecule has 58 heavy (non-hydrogen) atoms. The largest absolute Gasteiger partial charge is 0.507 e. The second kappa shape index (κ2) is 16.3. The zero-order valence-electron chi connectivity index (χ0n) is 35.9. The predicted octanol–water partition coefficient (Wildman–Crippen LogP) is 14.0. The van der Waals surface area contributed by atoms with Gasteiger partial charge in [0, 0.05) is 17.1 Å². The number of phenols is 2. The van der Waals surface area contributed by atoms with Gasteiger partial charge in [0.05, 0.1) is 33.6 Å². The molecule has 7 nitrogen and oxygen atoms in total. The first-order valence-electron chi connectivity index (χ1n) is 20.6. The summed E-state index contributed by atoms with van der Waals surface area (Å²) in [6.45, 7) is 25.1. The Bertz CT molecular complexity index is 2350. The van der Waals surface area contributed by atoms with Gasteiger partial charge in [-0.1, -0.05) is 138 Å². The molecule has 0 radical (unpaired) electrons. The Morgan fingerprint density at radius 1 is 0.379 bits per heavy atom. The molecule has 0 aliphatic heterocycles. The Morgan fingerprint density at radius 3 is 0.966 bits per heavy atom. The zero-order chi connectivity index (χ0) is 42.5. The topological polar surface area (TPSA) is 111 Å². The van der Waals surface area contributed by atoms with Gasteiger partial charge in [0.25, 0.3) is 0 Å². The lowest BCUT2D eigenvalue weighted by molar-refractivity contribution is 0.0971. The highest BCUT2D eigenvalue weighted by molar-refractivity contribution is 6.33. The standard InChI is InChI=1S/C50H58FN3O4/c1-24(2)30-16-13-17-31(25(3)4)43(30)52-46-41-40(49(57)38-36(55)22-23-37(56)39(38)50(41)58)42(51)47(53-44-32(26(5)6)18-14-19-33(44)27(7)8)48(46)54-45-34(28(9)10)20-15-21-35(45)29(11)12/h13-29,52-56H,1-12H3. The zero-order valence-corrected chi connectivity index (χ0v) is 35.9. The highest BCUT2D eigenvalue weighted by atomic mass is 19.1. The maximum absolute atomic E-state index is 18.2. The molecule has 0 heterocycles. The fourth-order valence-corrected chi connectivity index (χ4v) is 8.28. The Balaban J connectivity index is 1.85. The van der Waals surface area contributed by atoms with Crippen molar-refractivity contribution in [2.75, 3.05) is 16.0 Å². The molecule has 0 amide bonds. The highest BCUT2D eigenvalue weighted by Gasteiger charge is 2.42. The fourth-order valence-electron chi connectivity index (χ4n) is 8.28. The molecule has 0 atom stereocenters. The predicted molar refractivity (Wildman–Crippen MR) is 237 cm³/mol. The van der Waals surface area contributed by atoms with E-state index in [9.17, 15) is 15.0 Å². The van der Waals surface area contributed by atoms with Gasteiger partial charge in [-0.3, -0.25) is 9.59 Å². The molecule has 0 aromatic heterocycles. The van der Waals surface area contributed by atoms with Crippen molar-refractivity contribution < 1.29 is 24.2 Å². The summed E-state index contributed by atoms with van der Waals surface area (Å²) in [7, 11) is 0. The van der Waals surface area contributed by atoms with Gasteiger partial charge in [-0.2, -0.15) is 0 Å². The smallest absolute Gasteiger partial charge is 0.201 e. The van der Waals surface area contributed by atoms with Crippen molar-refractivity contribution in [3.63, 3.8) is 0 Å². The monoisotopic (exact) mass is 783 g/mol. The van der Waals surface area contributed by atoms with E-state index in [4.69, 9.17) is 0 Å². The summed E-state index contributed by atoms with van der Waals surface area (Å²) in [5, 5.41) is 33.1. The van der Waals surface area contributed by atoms with Crippen molar-refractivity contribution in [1.82, 2.24) is 0 Å². The van der Waals surface area contributed by atoms with Crippen LogP contribution in [0.3, 0.4) is 0 Å². The van der Waals surface area contributed by atoms with Crippen LogP contribution in [0, 0.1) is 5.82 Å². The second-order valence-corrected chi connectivity index (χ2v) is 17.4. The molecule has 0 saturated carbocycles. The van der Waals surface area contributed by atoms with E-state index in [2.05, 4.69) is 111 Å². The average molecular weight is 784 g/mol. The number of rotatable bonds is 12. The van der Waals surface area contributed by atoms with E-state index in [1.807, 2.05) is 42.5 Å². The summed E-state index contributed by atoms with van der Waals surface area (Å²) in [5.41, 5.74) is 6.93. The molecule has 0 bridgehead atoms. The highest BCUT2D eigenvalue weighted by Crippen LogP contribution is 2.52. The summed E-state index contributed by atoms with van der Waals surface area (Å²) in [5.74, 6) is -3.31. The maximum Gasteiger partial charge on any atom is 0.201 e. The van der Waals surface area contributed by atoms with Crippen molar-refractivity contribution >= 4 is 45.7 Å². The molecule has 304 valence electrons. The van der Waals surface area contributed by atoms with Crippen LogP contribution in [0.5, 0.6) is 11.5 Å². The van der Waals surface area contributed by atoms with Gasteiger partial charge in [-0.25, -0.2) is 4.39 Å². The molecule has 5 aromatic rings. The number of hydrogen-bond acceptors (Lipinski definition) is 7. The number of anilines is 6. The first-order valence-corrected chi connectivity index (χ1v) is 20.6. The van der Waals surface area contributed by atoms with Crippen LogP contribution in [0.15, 0.2) is 66.7 Å². The lowest BCUT2D eigenvalue weighted by Crippen LogP contribution is -2.26. The summed E-state index contributed by atoms with van der Waals surface area (Å²) in [6.07, 6.45) is 0. The van der Waals surface area contributed by atoms with Crippen LogP contribution < -0.4 is 16.0 Å². The van der Waals surface area contributed by atoms with Gasteiger partial charge >= 0.3 is 0 Å². The molecular formula is C50H58FN3O4. The van der Waals surface area contributed by atoms with Gasteiger partial charge in [-0.15, -0.1) is 0 Å².